The number of carbonyl (C=O) groups excluding carboxylic acids is 1. The molecule has 0 aromatic rings. The molecule has 23 heavy (non-hydrogen) atoms. The maximum Gasteiger partial charge on any atom is 0.410 e. The van der Waals surface area contributed by atoms with E-state index < -0.39 is 16.7 Å². The van der Waals surface area contributed by atoms with Crippen LogP contribution in [0.25, 0.3) is 0 Å². The summed E-state index contributed by atoms with van der Waals surface area (Å²) in [6, 6.07) is 0. The highest BCUT2D eigenvalue weighted by Gasteiger charge is 2.53. The first-order valence-corrected chi connectivity index (χ1v) is 8.93. The van der Waals surface area contributed by atoms with E-state index in [1.165, 1.54) is 0 Å². The number of carbonyl (C=O) groups is 1. The van der Waals surface area contributed by atoms with Crippen LogP contribution < -0.4 is 5.73 Å². The molecule has 5 nitrogen and oxygen atoms in total. The van der Waals surface area contributed by atoms with Gasteiger partial charge < -0.3 is 20.5 Å². The Morgan fingerprint density at radius 1 is 1.26 bits per heavy atom. The fourth-order valence-electron chi connectivity index (χ4n) is 4.44. The molecule has 1 heterocycles. The molecule has 2 aliphatic rings. The minimum absolute atomic E-state index is 0.326. The van der Waals surface area contributed by atoms with Crippen LogP contribution in [0.3, 0.4) is 0 Å². The van der Waals surface area contributed by atoms with Gasteiger partial charge in [-0.05, 0) is 64.7 Å². The molecule has 1 aliphatic carbocycles. The van der Waals surface area contributed by atoms with Gasteiger partial charge in [-0.15, -0.1) is 0 Å². The Kier molecular flexibility index (Phi) is 5.03. The highest BCUT2D eigenvalue weighted by Crippen LogP contribution is 2.44. The van der Waals surface area contributed by atoms with Crippen molar-refractivity contribution in [3.63, 3.8) is 0 Å². The molecule has 1 aliphatic heterocycles. The zero-order chi connectivity index (χ0) is 17.5. The molecular weight excluding hydrogens is 292 g/mol. The lowest BCUT2D eigenvalue weighted by Gasteiger charge is -2.53. The van der Waals surface area contributed by atoms with Crippen LogP contribution in [-0.2, 0) is 4.74 Å². The van der Waals surface area contributed by atoms with Crippen LogP contribution in [0, 0.1) is 11.8 Å². The van der Waals surface area contributed by atoms with Gasteiger partial charge in [0.05, 0.1) is 11.1 Å². The van der Waals surface area contributed by atoms with Gasteiger partial charge in [-0.3, -0.25) is 0 Å². The van der Waals surface area contributed by atoms with Gasteiger partial charge >= 0.3 is 6.09 Å². The summed E-state index contributed by atoms with van der Waals surface area (Å²) < 4.78 is 5.48. The van der Waals surface area contributed by atoms with Crippen molar-refractivity contribution < 1.29 is 14.6 Å². The fraction of sp³-hybridized carbons (Fsp3) is 0.944. The lowest BCUT2D eigenvalue weighted by Crippen LogP contribution is -2.70. The first-order chi connectivity index (χ1) is 10.4. The van der Waals surface area contributed by atoms with Crippen LogP contribution in [0.4, 0.5) is 4.79 Å². The van der Waals surface area contributed by atoms with Crippen molar-refractivity contribution in [3.05, 3.63) is 0 Å². The van der Waals surface area contributed by atoms with Crippen LogP contribution in [0.5, 0.6) is 0 Å². The number of nitrogens with two attached hydrogens (primary N) is 1. The largest absolute Gasteiger partial charge is 0.444 e. The Labute approximate surface area is 140 Å². The van der Waals surface area contributed by atoms with Crippen molar-refractivity contribution in [2.75, 3.05) is 13.1 Å². The van der Waals surface area contributed by atoms with E-state index in [1.54, 1.807) is 4.90 Å². The fourth-order valence-corrected chi connectivity index (χ4v) is 4.44. The lowest BCUT2D eigenvalue weighted by molar-refractivity contribution is -0.110. The predicted molar refractivity (Wildman–Crippen MR) is 91.1 cm³/mol. The molecular formula is C18H34N2O3. The summed E-state index contributed by atoms with van der Waals surface area (Å²) in [6.45, 7) is 11.0. The minimum atomic E-state index is -0.898. The van der Waals surface area contributed by atoms with Crippen molar-refractivity contribution in [2.24, 2.45) is 17.6 Å². The summed E-state index contributed by atoms with van der Waals surface area (Å²) in [4.78, 5) is 14.1. The van der Waals surface area contributed by atoms with Gasteiger partial charge in [0.15, 0.2) is 0 Å². The van der Waals surface area contributed by atoms with Gasteiger partial charge in [-0.1, -0.05) is 13.8 Å². The Morgan fingerprint density at radius 2 is 1.83 bits per heavy atom. The number of hydrogen-bond donors (Lipinski definition) is 2. The van der Waals surface area contributed by atoms with Crippen molar-refractivity contribution in [1.29, 1.82) is 0 Å². The number of likely N-dealkylation sites (tertiary alicyclic amines) is 1. The van der Waals surface area contributed by atoms with E-state index in [2.05, 4.69) is 13.8 Å². The molecule has 1 amide bonds. The molecule has 0 spiro atoms. The molecule has 0 aromatic carbocycles. The molecule has 134 valence electrons. The molecule has 5 heteroatoms. The Hall–Kier alpha value is -0.810. The molecule has 0 bridgehead atoms. The summed E-state index contributed by atoms with van der Waals surface area (Å²) in [6.07, 6.45) is 3.80. The van der Waals surface area contributed by atoms with E-state index in [-0.39, 0.29) is 6.09 Å². The predicted octanol–water partition coefficient (Wildman–Crippen LogP) is 2.90. The third-order valence-corrected chi connectivity index (χ3v) is 5.28. The van der Waals surface area contributed by atoms with E-state index in [4.69, 9.17) is 10.5 Å². The average Bonchev–Trinajstić information content (AvgIpc) is 2.34. The maximum atomic E-state index is 12.4. The Bertz CT molecular complexity index is 436. The van der Waals surface area contributed by atoms with E-state index in [0.29, 0.717) is 24.9 Å². The molecule has 0 radical (unpaired) electrons. The second-order valence-electron chi connectivity index (χ2n) is 9.05. The van der Waals surface area contributed by atoms with Crippen LogP contribution in [-0.4, -0.2) is 45.9 Å². The Balaban J connectivity index is 2.13. The standard InChI is InChI=1S/C18H34N2O3/c1-13-9-14(2)11-18(22,10-13)17(19)7-6-8-20(12-17)15(21)23-16(3,4)5/h13-14,22H,6-12,19H2,1-5H3. The highest BCUT2D eigenvalue weighted by molar-refractivity contribution is 5.68. The first kappa shape index (κ1) is 18.5. The average molecular weight is 326 g/mol. The van der Waals surface area contributed by atoms with E-state index in [0.717, 1.165) is 32.1 Å². The maximum absolute atomic E-state index is 12.4. The highest BCUT2D eigenvalue weighted by atomic mass is 16.6. The zero-order valence-corrected chi connectivity index (χ0v) is 15.4. The Morgan fingerprint density at radius 3 is 2.35 bits per heavy atom. The number of nitrogens with zero attached hydrogens (tertiary/aromatic N) is 1. The monoisotopic (exact) mass is 326 g/mol. The van der Waals surface area contributed by atoms with Crippen molar-refractivity contribution in [3.8, 4) is 0 Å². The smallest absolute Gasteiger partial charge is 0.410 e. The summed E-state index contributed by atoms with van der Waals surface area (Å²) in [5, 5.41) is 11.3. The molecule has 1 saturated carbocycles. The molecule has 1 saturated heterocycles. The van der Waals surface area contributed by atoms with Gasteiger partial charge in [0.25, 0.3) is 0 Å². The zero-order valence-electron chi connectivity index (χ0n) is 15.4. The SMILES string of the molecule is CC1CC(C)CC(O)(C2(N)CCCN(C(=O)OC(C)(C)C)C2)C1. The first-order valence-electron chi connectivity index (χ1n) is 8.93. The molecule has 3 N–H and O–H groups in total. The molecule has 2 fully saturated rings. The van der Waals surface area contributed by atoms with Gasteiger partial charge in [0.2, 0.25) is 0 Å². The number of hydrogen-bond acceptors (Lipinski definition) is 4. The third kappa shape index (κ3) is 4.18. The summed E-state index contributed by atoms with van der Waals surface area (Å²) in [5.74, 6) is 0.919. The summed E-state index contributed by atoms with van der Waals surface area (Å²) in [5.41, 5.74) is 4.52. The van der Waals surface area contributed by atoms with Crippen molar-refractivity contribution in [1.82, 2.24) is 4.90 Å². The number of amides is 1. The van der Waals surface area contributed by atoms with Gasteiger partial charge in [0.1, 0.15) is 5.60 Å². The quantitative estimate of drug-likeness (QED) is 0.777. The molecule has 3 atom stereocenters. The van der Waals surface area contributed by atoms with Gasteiger partial charge in [-0.25, -0.2) is 4.79 Å². The minimum Gasteiger partial charge on any atom is -0.444 e. The number of piperidine rings is 1. The summed E-state index contributed by atoms with van der Waals surface area (Å²) >= 11 is 0. The molecule has 0 aromatic heterocycles. The van der Waals surface area contributed by atoms with Crippen molar-refractivity contribution in [2.45, 2.75) is 83.5 Å². The van der Waals surface area contributed by atoms with Gasteiger partial charge in [-0.2, -0.15) is 0 Å². The number of ether oxygens (including phenoxy) is 1. The van der Waals surface area contributed by atoms with Crippen molar-refractivity contribution >= 4 is 6.09 Å². The van der Waals surface area contributed by atoms with E-state index in [1.807, 2.05) is 20.8 Å². The normalized spacial score (nSPS) is 39.2. The van der Waals surface area contributed by atoms with Gasteiger partial charge in [0, 0.05) is 13.1 Å². The van der Waals surface area contributed by atoms with Crippen LogP contribution in [0.1, 0.15) is 66.7 Å². The lowest BCUT2D eigenvalue weighted by atomic mass is 9.63. The second-order valence-corrected chi connectivity index (χ2v) is 9.05. The number of aliphatic hydroxyl groups is 1. The third-order valence-electron chi connectivity index (χ3n) is 5.28. The van der Waals surface area contributed by atoms with Crippen LogP contribution in [0.15, 0.2) is 0 Å². The van der Waals surface area contributed by atoms with Crippen LogP contribution in [0.2, 0.25) is 0 Å². The van der Waals surface area contributed by atoms with Crippen LogP contribution >= 0.6 is 0 Å². The molecule has 2 rings (SSSR count). The topological polar surface area (TPSA) is 75.8 Å². The molecule has 3 unspecified atom stereocenters. The summed E-state index contributed by atoms with van der Waals surface area (Å²) in [7, 11) is 0. The number of rotatable bonds is 1. The van der Waals surface area contributed by atoms with E-state index >= 15 is 0 Å². The van der Waals surface area contributed by atoms with E-state index in [9.17, 15) is 9.90 Å². The second kappa shape index (κ2) is 6.25.